The molecule has 0 fully saturated rings. The van der Waals surface area contributed by atoms with Gasteiger partial charge in [0, 0.05) is 12.2 Å². The number of nitriles is 1. The Morgan fingerprint density at radius 2 is 1.15 bits per heavy atom. The zero-order chi connectivity index (χ0) is 37.7. The molecule has 3 rings (SSSR count). The van der Waals surface area contributed by atoms with Crippen molar-refractivity contribution in [2.24, 2.45) is 0 Å². The molecule has 0 spiro atoms. The first-order valence-corrected chi connectivity index (χ1v) is 16.1. The molecular weight excluding hydrogens is 674 g/mol. The van der Waals surface area contributed by atoms with Crippen molar-refractivity contribution >= 4 is 30.0 Å². The van der Waals surface area contributed by atoms with Crippen LogP contribution in [0.5, 0.6) is 34.5 Å². The first-order chi connectivity index (χ1) is 25.2. The van der Waals surface area contributed by atoms with E-state index >= 15 is 0 Å². The lowest BCUT2D eigenvalue weighted by molar-refractivity contribution is -0.138. The maximum Gasteiger partial charge on any atom is 0.354 e. The number of methoxy groups -OCH3 is 2. The Morgan fingerprint density at radius 1 is 0.654 bits per heavy atom. The molecule has 3 aromatic rings. The summed E-state index contributed by atoms with van der Waals surface area (Å²) in [6.07, 6.45) is 6.02. The third-order valence-electron chi connectivity index (χ3n) is 6.90. The molecule has 0 N–H and O–H groups in total. The summed E-state index contributed by atoms with van der Waals surface area (Å²) in [4.78, 5) is 47.8. The molecule has 0 bridgehead atoms. The second-order valence-electron chi connectivity index (χ2n) is 10.6. The Morgan fingerprint density at radius 3 is 1.67 bits per heavy atom. The second kappa shape index (κ2) is 21.5. The SMILES string of the molecule is C=CC(=O)OCCCCOc1ccc(/C=C(\C#N)C(=O)Oc2ccc(OC(=O)c3ccc(OCCCCOC(=O)C=C)c(OC)c3)cc2)cc1OC. The van der Waals surface area contributed by atoms with Crippen molar-refractivity contribution in [1.82, 2.24) is 0 Å². The molecule has 3 aromatic carbocycles. The molecule has 0 aromatic heterocycles. The van der Waals surface area contributed by atoms with Crippen molar-refractivity contribution in [3.63, 3.8) is 0 Å². The summed E-state index contributed by atoms with van der Waals surface area (Å²) < 4.78 is 42.9. The van der Waals surface area contributed by atoms with E-state index in [-0.39, 0.29) is 35.8 Å². The molecule has 0 aliphatic heterocycles. The molecular formula is C39H39NO12. The van der Waals surface area contributed by atoms with Gasteiger partial charge in [-0.3, -0.25) is 0 Å². The largest absolute Gasteiger partial charge is 0.493 e. The highest BCUT2D eigenvalue weighted by Crippen LogP contribution is 2.31. The van der Waals surface area contributed by atoms with Crippen LogP contribution in [-0.2, 0) is 23.9 Å². The van der Waals surface area contributed by atoms with E-state index in [9.17, 15) is 24.4 Å². The van der Waals surface area contributed by atoms with Crippen molar-refractivity contribution in [1.29, 1.82) is 5.26 Å². The van der Waals surface area contributed by atoms with Crippen LogP contribution in [-0.4, -0.2) is 64.5 Å². The number of carbonyl (C=O) groups is 4. The van der Waals surface area contributed by atoms with Crippen molar-refractivity contribution < 1.29 is 57.1 Å². The van der Waals surface area contributed by atoms with E-state index < -0.39 is 23.9 Å². The number of carbonyl (C=O) groups excluding carboxylic acids is 4. The number of nitrogens with zero attached hydrogens (tertiary/aromatic N) is 1. The minimum absolute atomic E-state index is 0.119. The average Bonchev–Trinajstić information content (AvgIpc) is 3.17. The molecule has 272 valence electrons. The lowest BCUT2D eigenvalue weighted by atomic mass is 10.1. The molecule has 0 heterocycles. The van der Waals surface area contributed by atoms with Crippen LogP contribution in [0, 0.1) is 11.3 Å². The summed E-state index contributed by atoms with van der Waals surface area (Å²) >= 11 is 0. The molecule has 0 saturated heterocycles. The summed E-state index contributed by atoms with van der Waals surface area (Å²) in [5.74, 6) is -0.599. The maximum atomic E-state index is 12.8. The molecule has 0 amide bonds. The third kappa shape index (κ3) is 13.1. The molecule has 13 heteroatoms. The Kier molecular flexibility index (Phi) is 16.5. The summed E-state index contributed by atoms with van der Waals surface area (Å²) in [6, 6.07) is 17.1. The summed E-state index contributed by atoms with van der Waals surface area (Å²) in [5.41, 5.74) is 0.437. The molecule has 0 saturated carbocycles. The van der Waals surface area contributed by atoms with E-state index in [1.165, 1.54) is 56.7 Å². The predicted octanol–water partition coefficient (Wildman–Crippen LogP) is 6.21. The van der Waals surface area contributed by atoms with Crippen LogP contribution in [0.4, 0.5) is 0 Å². The fraction of sp³-hybridized carbons (Fsp3) is 0.256. The van der Waals surface area contributed by atoms with E-state index in [0.717, 1.165) is 12.2 Å². The fourth-order valence-electron chi connectivity index (χ4n) is 4.25. The van der Waals surface area contributed by atoms with Crippen LogP contribution in [0.15, 0.2) is 91.5 Å². The van der Waals surface area contributed by atoms with Gasteiger partial charge in [0.25, 0.3) is 0 Å². The van der Waals surface area contributed by atoms with Crippen molar-refractivity contribution in [2.75, 3.05) is 40.6 Å². The Bertz CT molecular complexity index is 1790. The number of hydrogen-bond acceptors (Lipinski definition) is 13. The van der Waals surface area contributed by atoms with Gasteiger partial charge in [0.2, 0.25) is 0 Å². The van der Waals surface area contributed by atoms with E-state index in [4.69, 9.17) is 37.9 Å². The molecule has 13 nitrogen and oxygen atoms in total. The Balaban J connectivity index is 1.53. The van der Waals surface area contributed by atoms with Crippen LogP contribution >= 0.6 is 0 Å². The van der Waals surface area contributed by atoms with Gasteiger partial charge in [0.1, 0.15) is 23.1 Å². The third-order valence-corrected chi connectivity index (χ3v) is 6.90. The minimum Gasteiger partial charge on any atom is -0.493 e. The van der Waals surface area contributed by atoms with Gasteiger partial charge >= 0.3 is 23.9 Å². The summed E-state index contributed by atoms with van der Waals surface area (Å²) in [6.45, 7) is 7.88. The fourth-order valence-corrected chi connectivity index (χ4v) is 4.25. The molecule has 52 heavy (non-hydrogen) atoms. The van der Waals surface area contributed by atoms with Crippen molar-refractivity contribution in [3.05, 3.63) is 103 Å². The second-order valence-corrected chi connectivity index (χ2v) is 10.6. The van der Waals surface area contributed by atoms with E-state index in [2.05, 4.69) is 13.2 Å². The summed E-state index contributed by atoms with van der Waals surface area (Å²) in [5, 5.41) is 9.65. The monoisotopic (exact) mass is 713 g/mol. The zero-order valence-corrected chi connectivity index (χ0v) is 28.9. The van der Waals surface area contributed by atoms with Crippen molar-refractivity contribution in [3.8, 4) is 40.6 Å². The van der Waals surface area contributed by atoms with Gasteiger partial charge in [-0.25, -0.2) is 19.2 Å². The topological polar surface area (TPSA) is 166 Å². The van der Waals surface area contributed by atoms with E-state index in [1.807, 2.05) is 6.07 Å². The molecule has 0 aliphatic carbocycles. The van der Waals surface area contributed by atoms with Gasteiger partial charge < -0.3 is 37.9 Å². The molecule has 0 radical (unpaired) electrons. The van der Waals surface area contributed by atoms with Crippen LogP contribution in [0.25, 0.3) is 6.08 Å². The number of rotatable bonds is 21. The average molecular weight is 714 g/mol. The van der Waals surface area contributed by atoms with E-state index in [1.54, 1.807) is 24.3 Å². The van der Waals surface area contributed by atoms with Crippen molar-refractivity contribution in [2.45, 2.75) is 25.7 Å². The number of hydrogen-bond donors (Lipinski definition) is 0. The minimum atomic E-state index is -0.894. The highest BCUT2D eigenvalue weighted by molar-refractivity contribution is 5.99. The normalized spacial score (nSPS) is 10.5. The molecule has 0 atom stereocenters. The Hall–Kier alpha value is -6.55. The quantitative estimate of drug-likeness (QED) is 0.0402. The highest BCUT2D eigenvalue weighted by Gasteiger charge is 2.16. The number of ether oxygens (including phenoxy) is 8. The van der Waals surface area contributed by atoms with Crippen LogP contribution in [0.1, 0.15) is 41.6 Å². The maximum absolute atomic E-state index is 12.8. The first-order valence-electron chi connectivity index (χ1n) is 16.1. The summed E-state index contributed by atoms with van der Waals surface area (Å²) in [7, 11) is 2.91. The predicted molar refractivity (Wildman–Crippen MR) is 188 cm³/mol. The molecule has 0 unspecified atom stereocenters. The van der Waals surface area contributed by atoms with Gasteiger partial charge in [-0.05, 0) is 91.9 Å². The van der Waals surface area contributed by atoms with Gasteiger partial charge in [-0.1, -0.05) is 19.2 Å². The Labute approximate surface area is 301 Å². The number of esters is 4. The van der Waals surface area contributed by atoms with Crippen LogP contribution in [0.3, 0.4) is 0 Å². The number of unbranched alkanes of at least 4 members (excludes halogenated alkanes) is 2. The van der Waals surface area contributed by atoms with Gasteiger partial charge in [0.15, 0.2) is 23.0 Å². The van der Waals surface area contributed by atoms with Crippen LogP contribution in [0.2, 0.25) is 0 Å². The van der Waals surface area contributed by atoms with Crippen LogP contribution < -0.4 is 28.4 Å². The van der Waals surface area contributed by atoms with Gasteiger partial charge in [0.05, 0.1) is 46.2 Å². The first kappa shape index (κ1) is 39.9. The smallest absolute Gasteiger partial charge is 0.354 e. The van der Waals surface area contributed by atoms with E-state index in [0.29, 0.717) is 67.5 Å². The molecule has 0 aliphatic rings. The lowest BCUT2D eigenvalue weighted by Crippen LogP contribution is -2.11. The van der Waals surface area contributed by atoms with Gasteiger partial charge in [-0.2, -0.15) is 5.26 Å². The number of benzene rings is 3. The lowest BCUT2D eigenvalue weighted by Gasteiger charge is -2.12. The standard InChI is InChI=1S/C39H39NO12/c1-5-36(41)49-21-9-7-19-47-32-17-11-27(24-34(32)45-3)23-29(26-40)39(44)52-31-15-13-30(14-16-31)51-38(43)28-12-18-33(35(25-28)46-4)48-20-8-10-22-50-37(42)6-2/h5-6,11-18,23-25H,1-2,7-10,19-22H2,3-4H3/b29-23+. The highest BCUT2D eigenvalue weighted by atomic mass is 16.6. The van der Waals surface area contributed by atoms with Gasteiger partial charge in [-0.15, -0.1) is 0 Å². The zero-order valence-electron chi connectivity index (χ0n) is 28.9.